The van der Waals surface area contributed by atoms with Gasteiger partial charge in [0, 0.05) is 23.8 Å². The Labute approximate surface area is 145 Å². The van der Waals surface area contributed by atoms with Crippen LogP contribution in [-0.2, 0) is 16.0 Å². The van der Waals surface area contributed by atoms with Gasteiger partial charge in [0.2, 0.25) is 11.8 Å². The number of halogens is 1. The standard InChI is InChI=1S/C19H21FN2O3/c20-11-7-13(10-3-5-21-6-4-10)14-9-16(18(24)15(14)8-11)12-1-2-17(23)22-19(12)25/h7-8,10,12,16,21H,1-6,9H2,(H,22,23,25). The fraction of sp³-hybridized carbons (Fsp3) is 0.526. The molecule has 132 valence electrons. The third kappa shape index (κ3) is 2.88. The minimum Gasteiger partial charge on any atom is -0.317 e. The summed E-state index contributed by atoms with van der Waals surface area (Å²) in [5, 5.41) is 5.63. The maximum absolute atomic E-state index is 14.2. The van der Waals surface area contributed by atoms with Crippen LogP contribution < -0.4 is 10.6 Å². The third-order valence-corrected chi connectivity index (χ3v) is 5.82. The monoisotopic (exact) mass is 344 g/mol. The summed E-state index contributed by atoms with van der Waals surface area (Å²) in [4.78, 5) is 36.4. The van der Waals surface area contributed by atoms with E-state index in [-0.39, 0.29) is 35.8 Å². The number of hydrogen-bond acceptors (Lipinski definition) is 4. The molecule has 3 aliphatic rings. The number of amides is 2. The summed E-state index contributed by atoms with van der Waals surface area (Å²) in [6.45, 7) is 1.78. The van der Waals surface area contributed by atoms with Crippen molar-refractivity contribution in [3.05, 3.63) is 34.6 Å². The van der Waals surface area contributed by atoms with Gasteiger partial charge in [0.1, 0.15) is 5.82 Å². The average molecular weight is 344 g/mol. The van der Waals surface area contributed by atoms with Crippen LogP contribution in [0.25, 0.3) is 0 Å². The molecule has 0 saturated carbocycles. The van der Waals surface area contributed by atoms with Crippen LogP contribution in [0.4, 0.5) is 4.39 Å². The summed E-state index contributed by atoms with van der Waals surface area (Å²) >= 11 is 0. The van der Waals surface area contributed by atoms with E-state index in [9.17, 15) is 18.8 Å². The number of nitrogens with one attached hydrogen (secondary N) is 2. The molecule has 2 saturated heterocycles. The molecule has 0 radical (unpaired) electrons. The highest BCUT2D eigenvalue weighted by atomic mass is 19.1. The second kappa shape index (κ2) is 6.33. The smallest absolute Gasteiger partial charge is 0.230 e. The number of Topliss-reactive ketones (excluding diaryl/α,β-unsaturated/α-hetero) is 1. The quantitative estimate of drug-likeness (QED) is 0.801. The summed E-state index contributed by atoms with van der Waals surface area (Å²) in [6, 6.07) is 2.88. The minimum atomic E-state index is -0.499. The zero-order valence-electron chi connectivity index (χ0n) is 13.9. The summed E-state index contributed by atoms with van der Waals surface area (Å²) in [5.41, 5.74) is 2.27. The van der Waals surface area contributed by atoms with Crippen molar-refractivity contribution >= 4 is 17.6 Å². The fourth-order valence-electron chi connectivity index (χ4n) is 4.53. The van der Waals surface area contributed by atoms with E-state index in [1.54, 1.807) is 6.07 Å². The molecule has 1 aromatic carbocycles. The normalized spacial score (nSPS) is 27.3. The lowest BCUT2D eigenvalue weighted by Crippen LogP contribution is -2.44. The highest BCUT2D eigenvalue weighted by molar-refractivity contribution is 6.07. The molecular formula is C19H21FN2O3. The zero-order chi connectivity index (χ0) is 17.6. The van der Waals surface area contributed by atoms with E-state index in [2.05, 4.69) is 10.6 Å². The number of fused-ring (bicyclic) bond motifs is 1. The molecule has 5 nitrogen and oxygen atoms in total. The van der Waals surface area contributed by atoms with E-state index in [0.717, 1.165) is 37.1 Å². The topological polar surface area (TPSA) is 75.3 Å². The third-order valence-electron chi connectivity index (χ3n) is 5.82. The van der Waals surface area contributed by atoms with Crippen LogP contribution in [0.15, 0.2) is 12.1 Å². The van der Waals surface area contributed by atoms with Gasteiger partial charge in [0.15, 0.2) is 5.78 Å². The molecule has 1 aromatic rings. The fourth-order valence-corrected chi connectivity index (χ4v) is 4.53. The molecule has 2 fully saturated rings. The molecule has 6 heteroatoms. The Kier molecular flexibility index (Phi) is 4.15. The number of hydrogen-bond donors (Lipinski definition) is 2. The van der Waals surface area contributed by atoms with Gasteiger partial charge >= 0.3 is 0 Å². The van der Waals surface area contributed by atoms with E-state index in [0.29, 0.717) is 18.4 Å². The van der Waals surface area contributed by atoms with Gasteiger partial charge in [0.25, 0.3) is 0 Å². The number of piperidine rings is 2. The molecule has 0 spiro atoms. The van der Waals surface area contributed by atoms with Crippen molar-refractivity contribution in [3.63, 3.8) is 0 Å². The van der Waals surface area contributed by atoms with Gasteiger partial charge in [-0.05, 0) is 68.0 Å². The first kappa shape index (κ1) is 16.4. The lowest BCUT2D eigenvalue weighted by atomic mass is 9.82. The van der Waals surface area contributed by atoms with E-state index in [1.165, 1.54) is 6.07 Å². The van der Waals surface area contributed by atoms with Crippen molar-refractivity contribution in [1.29, 1.82) is 0 Å². The van der Waals surface area contributed by atoms with Crippen LogP contribution in [-0.4, -0.2) is 30.7 Å². The number of carbonyl (C=O) groups is 3. The van der Waals surface area contributed by atoms with E-state index in [1.807, 2.05) is 0 Å². The lowest BCUT2D eigenvalue weighted by Gasteiger charge is -2.26. The van der Waals surface area contributed by atoms with Crippen molar-refractivity contribution in [2.45, 2.75) is 38.0 Å². The van der Waals surface area contributed by atoms with Crippen molar-refractivity contribution in [1.82, 2.24) is 10.6 Å². The molecule has 2 amide bonds. The van der Waals surface area contributed by atoms with Crippen LogP contribution in [0.5, 0.6) is 0 Å². The van der Waals surface area contributed by atoms with E-state index >= 15 is 0 Å². The average Bonchev–Trinajstić information content (AvgIpc) is 2.92. The molecule has 4 rings (SSSR count). The molecule has 0 aromatic heterocycles. The predicted molar refractivity (Wildman–Crippen MR) is 88.6 cm³/mol. The first-order valence-corrected chi connectivity index (χ1v) is 8.95. The van der Waals surface area contributed by atoms with Crippen molar-refractivity contribution in [3.8, 4) is 0 Å². The number of ketones is 1. The molecule has 2 atom stereocenters. The molecule has 2 heterocycles. The Balaban J connectivity index is 1.66. The van der Waals surface area contributed by atoms with Crippen molar-refractivity contribution in [2.75, 3.05) is 13.1 Å². The Hall–Kier alpha value is -2.08. The Bertz CT molecular complexity index is 755. The lowest BCUT2D eigenvalue weighted by molar-refractivity contribution is -0.137. The number of imide groups is 1. The Morgan fingerprint density at radius 2 is 1.76 bits per heavy atom. The molecule has 2 N–H and O–H groups in total. The second-order valence-corrected chi connectivity index (χ2v) is 7.28. The largest absolute Gasteiger partial charge is 0.317 e. The zero-order valence-corrected chi connectivity index (χ0v) is 13.9. The molecule has 25 heavy (non-hydrogen) atoms. The van der Waals surface area contributed by atoms with Gasteiger partial charge in [-0.15, -0.1) is 0 Å². The molecule has 2 unspecified atom stereocenters. The Morgan fingerprint density at radius 1 is 1.00 bits per heavy atom. The first-order valence-electron chi connectivity index (χ1n) is 8.95. The molecular weight excluding hydrogens is 323 g/mol. The Morgan fingerprint density at radius 3 is 2.48 bits per heavy atom. The van der Waals surface area contributed by atoms with Gasteiger partial charge in [-0.25, -0.2) is 4.39 Å². The van der Waals surface area contributed by atoms with Crippen molar-refractivity contribution < 1.29 is 18.8 Å². The van der Waals surface area contributed by atoms with Crippen LogP contribution >= 0.6 is 0 Å². The highest BCUT2D eigenvalue weighted by Gasteiger charge is 2.43. The van der Waals surface area contributed by atoms with E-state index < -0.39 is 11.8 Å². The molecule has 1 aliphatic carbocycles. The number of benzene rings is 1. The van der Waals surface area contributed by atoms with Gasteiger partial charge in [-0.2, -0.15) is 0 Å². The maximum atomic E-state index is 14.2. The summed E-state index contributed by atoms with van der Waals surface area (Å²) in [6.07, 6.45) is 2.96. The van der Waals surface area contributed by atoms with Gasteiger partial charge in [0.05, 0.1) is 0 Å². The molecule has 0 bridgehead atoms. The van der Waals surface area contributed by atoms with Crippen LogP contribution in [0, 0.1) is 17.7 Å². The van der Waals surface area contributed by atoms with E-state index in [4.69, 9.17) is 0 Å². The number of carbonyl (C=O) groups excluding carboxylic acids is 3. The summed E-state index contributed by atoms with van der Waals surface area (Å²) in [5.74, 6) is -1.92. The minimum absolute atomic E-state index is 0.154. The van der Waals surface area contributed by atoms with Gasteiger partial charge < -0.3 is 5.32 Å². The van der Waals surface area contributed by atoms with Crippen LogP contribution in [0.2, 0.25) is 0 Å². The predicted octanol–water partition coefficient (Wildman–Crippen LogP) is 1.70. The molecule has 2 aliphatic heterocycles. The highest BCUT2D eigenvalue weighted by Crippen LogP contribution is 2.40. The summed E-state index contributed by atoms with van der Waals surface area (Å²) < 4.78 is 14.2. The second-order valence-electron chi connectivity index (χ2n) is 7.28. The van der Waals surface area contributed by atoms with Crippen LogP contribution in [0.1, 0.15) is 53.1 Å². The first-order chi connectivity index (χ1) is 12.0. The SMILES string of the molecule is O=C1CCC(C2Cc3c(cc(F)cc3C3CCNCC3)C2=O)C(=O)N1. The summed E-state index contributed by atoms with van der Waals surface area (Å²) in [7, 11) is 0. The maximum Gasteiger partial charge on any atom is 0.230 e. The van der Waals surface area contributed by atoms with Crippen LogP contribution in [0.3, 0.4) is 0 Å². The number of rotatable bonds is 2. The van der Waals surface area contributed by atoms with Gasteiger partial charge in [-0.1, -0.05) is 0 Å². The van der Waals surface area contributed by atoms with Crippen molar-refractivity contribution in [2.24, 2.45) is 11.8 Å². The van der Waals surface area contributed by atoms with Gasteiger partial charge in [-0.3, -0.25) is 19.7 Å².